The molecule has 0 radical (unpaired) electrons. The van der Waals surface area contributed by atoms with E-state index in [-0.39, 0.29) is 43.6 Å². The number of ketones is 1. The van der Waals surface area contributed by atoms with Crippen molar-refractivity contribution in [3.63, 3.8) is 0 Å². The number of hydrogen-bond acceptors (Lipinski definition) is 8. The molecule has 2 heterocycles. The summed E-state index contributed by atoms with van der Waals surface area (Å²) in [4.78, 5) is 48.5. The number of ether oxygens (including phenoxy) is 1. The van der Waals surface area contributed by atoms with E-state index in [0.29, 0.717) is 34.5 Å². The van der Waals surface area contributed by atoms with E-state index in [1.807, 2.05) is 42.5 Å². The molecule has 4 atom stereocenters. The number of benzene rings is 4. The third-order valence-corrected chi connectivity index (χ3v) is 9.55. The Kier molecular flexibility index (Phi) is 11.8. The quantitative estimate of drug-likeness (QED) is 0.0661. The Morgan fingerprint density at radius 1 is 0.942 bits per heavy atom. The number of nitrogens with two attached hydrogens (primary N) is 1. The lowest BCUT2D eigenvalue weighted by molar-refractivity contribution is -0.140. The highest BCUT2D eigenvalue weighted by atomic mass is 35.5. The van der Waals surface area contributed by atoms with E-state index >= 15 is 0 Å². The van der Waals surface area contributed by atoms with Gasteiger partial charge >= 0.3 is 0 Å². The minimum absolute atomic E-state index is 0.0820. The minimum atomic E-state index is -1.08. The van der Waals surface area contributed by atoms with Crippen molar-refractivity contribution in [2.24, 2.45) is 5.73 Å². The van der Waals surface area contributed by atoms with Crippen LogP contribution >= 0.6 is 11.6 Å². The molecule has 0 bridgehead atoms. The molecule has 2 amide bonds. The number of carbonyl (C=O) groups is 3. The zero-order valence-corrected chi connectivity index (χ0v) is 29.5. The van der Waals surface area contributed by atoms with Crippen molar-refractivity contribution in [1.82, 2.24) is 20.5 Å². The summed E-state index contributed by atoms with van der Waals surface area (Å²) in [6, 6.07) is 28.6. The van der Waals surface area contributed by atoms with Crippen molar-refractivity contribution in [3.05, 3.63) is 136 Å². The first-order chi connectivity index (χ1) is 25.2. The summed E-state index contributed by atoms with van der Waals surface area (Å²) in [5.41, 5.74) is 9.88. The van der Waals surface area contributed by atoms with Gasteiger partial charge in [0.2, 0.25) is 17.6 Å². The van der Waals surface area contributed by atoms with Crippen LogP contribution in [0.25, 0.3) is 11.1 Å². The van der Waals surface area contributed by atoms with E-state index in [1.165, 1.54) is 0 Å². The summed E-state index contributed by atoms with van der Waals surface area (Å²) < 4.78 is 12.1. The van der Waals surface area contributed by atoms with Gasteiger partial charge in [0.05, 0.1) is 18.8 Å². The highest BCUT2D eigenvalue weighted by Crippen LogP contribution is 2.25. The molecule has 5 aromatic rings. The lowest BCUT2D eigenvalue weighted by Crippen LogP contribution is -2.54. The lowest BCUT2D eigenvalue weighted by atomic mass is 10.00. The second-order valence-corrected chi connectivity index (χ2v) is 13.3. The summed E-state index contributed by atoms with van der Waals surface area (Å²) >= 11 is 6.07. The number of fused-ring (bicyclic) bond motifs is 1. The Balaban J connectivity index is 1.25. The van der Waals surface area contributed by atoms with Gasteiger partial charge in [-0.1, -0.05) is 90.5 Å². The van der Waals surface area contributed by atoms with Crippen LogP contribution in [0, 0.1) is 5.41 Å². The first-order valence-corrected chi connectivity index (χ1v) is 17.6. The van der Waals surface area contributed by atoms with Gasteiger partial charge in [-0.25, -0.2) is 4.98 Å². The van der Waals surface area contributed by atoms with Crippen LogP contribution < -0.4 is 16.4 Å². The maximum absolute atomic E-state index is 14.3. The number of halogens is 1. The number of oxazole rings is 1. The molecule has 1 aliphatic rings. The largest absolute Gasteiger partial charge is 0.434 e. The van der Waals surface area contributed by atoms with E-state index in [0.717, 1.165) is 16.7 Å². The summed E-state index contributed by atoms with van der Waals surface area (Å²) in [5, 5.41) is 14.4. The molecule has 12 heteroatoms. The van der Waals surface area contributed by atoms with E-state index < -0.39 is 35.9 Å². The van der Waals surface area contributed by atoms with Crippen molar-refractivity contribution in [2.45, 2.75) is 56.5 Å². The summed E-state index contributed by atoms with van der Waals surface area (Å²) in [7, 11) is 1.74. The molecule has 1 aromatic heterocycles. The standard InChI is InChI=1S/C40H41ClN6O5/c1-44-32(20-15-25-7-3-2-4-8-25)40(50)47-23-30(51-24-27-13-18-29(41)19-14-27)22-34(47)38(49)45-33(21-26-11-16-28(17-12-26)37(42)43)36(48)39-46-31-9-5-6-10-35(31)52-39/h2-14,16-19,30,32-34,44H,15,20-24H2,1H3,(H3,42,43)(H,45,49)/t30-,32-,33+,34+/m1/s1. The normalized spacial score (nSPS) is 16.8. The number of amidine groups is 1. The Labute approximate surface area is 307 Å². The zero-order chi connectivity index (χ0) is 36.6. The van der Waals surface area contributed by atoms with Crippen molar-refractivity contribution >= 4 is 46.1 Å². The molecule has 4 aromatic carbocycles. The van der Waals surface area contributed by atoms with Gasteiger partial charge in [0.15, 0.2) is 5.58 Å². The zero-order valence-electron chi connectivity index (χ0n) is 28.8. The number of Topliss-reactive ketones (excluding diaryl/α,β-unsaturated/α-hetero) is 1. The number of hydrogen-bond donors (Lipinski definition) is 4. The van der Waals surface area contributed by atoms with Gasteiger partial charge in [0.25, 0.3) is 5.89 Å². The molecule has 1 fully saturated rings. The Bertz CT molecular complexity index is 1990. The van der Waals surface area contributed by atoms with Gasteiger partial charge in [-0.3, -0.25) is 19.8 Å². The predicted molar refractivity (Wildman–Crippen MR) is 199 cm³/mol. The first kappa shape index (κ1) is 36.4. The summed E-state index contributed by atoms with van der Waals surface area (Å²) in [6.45, 7) is 0.473. The fourth-order valence-electron chi connectivity index (χ4n) is 6.41. The summed E-state index contributed by atoms with van der Waals surface area (Å²) in [6.07, 6.45) is 1.09. The van der Waals surface area contributed by atoms with Gasteiger partial charge < -0.3 is 30.4 Å². The maximum Gasteiger partial charge on any atom is 0.266 e. The van der Waals surface area contributed by atoms with E-state index in [9.17, 15) is 14.4 Å². The van der Waals surface area contributed by atoms with Gasteiger partial charge in [0, 0.05) is 30.0 Å². The number of carbonyl (C=O) groups excluding carboxylic acids is 3. The van der Waals surface area contributed by atoms with Crippen molar-refractivity contribution < 1.29 is 23.5 Å². The Hall–Kier alpha value is -5.36. The molecule has 52 heavy (non-hydrogen) atoms. The van der Waals surface area contributed by atoms with Gasteiger partial charge in [0.1, 0.15) is 23.4 Å². The maximum atomic E-state index is 14.3. The van der Waals surface area contributed by atoms with Crippen LogP contribution in [0.5, 0.6) is 0 Å². The predicted octanol–water partition coefficient (Wildman–Crippen LogP) is 5.08. The molecule has 1 saturated heterocycles. The van der Waals surface area contributed by atoms with E-state index in [4.69, 9.17) is 31.9 Å². The SMILES string of the molecule is CN[C@H](CCc1ccccc1)C(=O)N1C[C@H](OCc2ccc(Cl)cc2)C[C@H]1C(=O)N[C@@H](Cc1ccc(C(=N)N)cc1)C(=O)c1nc2ccccc2o1. The molecule has 0 saturated carbocycles. The molecule has 6 rings (SSSR count). The molecule has 0 spiro atoms. The second-order valence-electron chi connectivity index (χ2n) is 12.9. The van der Waals surface area contributed by atoms with Crippen LogP contribution in [0.15, 0.2) is 108 Å². The Morgan fingerprint density at radius 3 is 2.33 bits per heavy atom. The number of nitrogen functional groups attached to an aromatic ring is 1. The molecule has 11 nitrogen and oxygen atoms in total. The number of aryl methyl sites for hydroxylation is 1. The molecule has 5 N–H and O–H groups in total. The van der Waals surface area contributed by atoms with E-state index in [1.54, 1.807) is 72.6 Å². The number of amides is 2. The van der Waals surface area contributed by atoms with Crippen LogP contribution in [0.3, 0.4) is 0 Å². The average molecular weight is 721 g/mol. The molecular weight excluding hydrogens is 680 g/mol. The van der Waals surface area contributed by atoms with Crippen molar-refractivity contribution in [1.29, 1.82) is 5.41 Å². The highest BCUT2D eigenvalue weighted by Gasteiger charge is 2.43. The number of likely N-dealkylation sites (tertiary alicyclic amines) is 1. The van der Waals surface area contributed by atoms with Crippen molar-refractivity contribution in [3.8, 4) is 0 Å². The van der Waals surface area contributed by atoms with Gasteiger partial charge in [-0.2, -0.15) is 0 Å². The Morgan fingerprint density at radius 2 is 1.63 bits per heavy atom. The number of likely N-dealkylation sites (N-methyl/N-ethyl adjacent to an activating group) is 1. The van der Waals surface area contributed by atoms with Crippen LogP contribution in [0.2, 0.25) is 5.02 Å². The molecule has 0 unspecified atom stereocenters. The van der Waals surface area contributed by atoms with Crippen molar-refractivity contribution in [2.75, 3.05) is 13.6 Å². The number of aromatic nitrogens is 1. The molecule has 0 aliphatic carbocycles. The fourth-order valence-corrected chi connectivity index (χ4v) is 6.54. The van der Waals surface area contributed by atoms with Crippen LogP contribution in [-0.2, 0) is 33.8 Å². The van der Waals surface area contributed by atoms with Crippen LogP contribution in [-0.4, -0.2) is 71.1 Å². The minimum Gasteiger partial charge on any atom is -0.434 e. The van der Waals surface area contributed by atoms with Gasteiger partial charge in [-0.05, 0) is 60.8 Å². The molecule has 268 valence electrons. The number of rotatable bonds is 15. The van der Waals surface area contributed by atoms with Gasteiger partial charge in [-0.15, -0.1) is 0 Å². The molecule has 1 aliphatic heterocycles. The number of para-hydroxylation sites is 2. The molecular formula is C40H41ClN6O5. The second kappa shape index (κ2) is 16.8. The van der Waals surface area contributed by atoms with E-state index in [2.05, 4.69) is 15.6 Å². The third-order valence-electron chi connectivity index (χ3n) is 9.30. The topological polar surface area (TPSA) is 164 Å². The third kappa shape index (κ3) is 8.92. The smallest absolute Gasteiger partial charge is 0.266 e. The summed E-state index contributed by atoms with van der Waals surface area (Å²) in [5.74, 6) is -1.44. The lowest BCUT2D eigenvalue weighted by Gasteiger charge is -2.29. The number of nitrogens with one attached hydrogen (secondary N) is 3. The number of nitrogens with zero attached hydrogens (tertiary/aromatic N) is 2. The average Bonchev–Trinajstić information content (AvgIpc) is 3.80. The first-order valence-electron chi connectivity index (χ1n) is 17.2. The monoisotopic (exact) mass is 720 g/mol. The van der Waals surface area contributed by atoms with Crippen LogP contribution in [0.4, 0.5) is 0 Å². The van der Waals surface area contributed by atoms with Crippen LogP contribution in [0.1, 0.15) is 45.8 Å². The highest BCUT2D eigenvalue weighted by molar-refractivity contribution is 6.30. The fraction of sp³-hybridized carbons (Fsp3) is 0.275.